The molecule has 160 valence electrons. The van der Waals surface area contributed by atoms with Gasteiger partial charge >= 0.3 is 0 Å². The van der Waals surface area contributed by atoms with Crippen LogP contribution in [0, 0.1) is 10.1 Å². The summed E-state index contributed by atoms with van der Waals surface area (Å²) in [4.78, 5) is 22.7. The number of carbonyl (C=O) groups excluding carboxylic acids is 1. The average Bonchev–Trinajstić information content (AvgIpc) is 2.74. The number of halogens is 1. The Morgan fingerprint density at radius 3 is 2.47 bits per heavy atom. The first-order chi connectivity index (χ1) is 14.3. The van der Waals surface area contributed by atoms with Crippen LogP contribution in [0.5, 0.6) is 0 Å². The Morgan fingerprint density at radius 1 is 1.17 bits per heavy atom. The Morgan fingerprint density at radius 2 is 1.83 bits per heavy atom. The molecule has 0 aliphatic carbocycles. The van der Waals surface area contributed by atoms with Crippen molar-refractivity contribution < 1.29 is 22.9 Å². The molecule has 0 radical (unpaired) electrons. The fourth-order valence-electron chi connectivity index (χ4n) is 2.98. The maximum Gasteiger partial charge on any atom is 0.288 e. The van der Waals surface area contributed by atoms with E-state index in [1.165, 1.54) is 16.4 Å². The van der Waals surface area contributed by atoms with Crippen molar-refractivity contribution in [2.24, 2.45) is 0 Å². The molecule has 1 fully saturated rings. The average molecular weight is 454 g/mol. The number of sulfonamides is 1. The fourth-order valence-corrected chi connectivity index (χ4v) is 4.57. The van der Waals surface area contributed by atoms with Crippen LogP contribution in [0.4, 0.5) is 5.69 Å². The van der Waals surface area contributed by atoms with Crippen LogP contribution in [0.15, 0.2) is 47.4 Å². The van der Waals surface area contributed by atoms with E-state index in [2.05, 4.69) is 5.32 Å². The summed E-state index contributed by atoms with van der Waals surface area (Å²) in [7, 11) is -3.55. The van der Waals surface area contributed by atoms with Gasteiger partial charge in [0, 0.05) is 31.3 Å². The number of ether oxygens (including phenoxy) is 1. The Kier molecular flexibility index (Phi) is 7.03. The van der Waals surface area contributed by atoms with E-state index >= 15 is 0 Å². The summed E-state index contributed by atoms with van der Waals surface area (Å²) < 4.78 is 31.8. The van der Waals surface area contributed by atoms with Gasteiger partial charge in [0.25, 0.3) is 11.6 Å². The van der Waals surface area contributed by atoms with Gasteiger partial charge in [0.05, 0.1) is 23.0 Å². The predicted molar refractivity (Wildman–Crippen MR) is 110 cm³/mol. The number of carbonyl (C=O) groups is 1. The largest absolute Gasteiger partial charge is 0.379 e. The Labute approximate surface area is 178 Å². The monoisotopic (exact) mass is 453 g/mol. The fraction of sp³-hybridized carbons (Fsp3) is 0.316. The maximum absolute atomic E-state index is 12.6. The highest BCUT2D eigenvalue weighted by atomic mass is 35.5. The smallest absolute Gasteiger partial charge is 0.288 e. The molecule has 0 saturated carbocycles. The molecule has 0 aromatic heterocycles. The standard InChI is InChI=1S/C19H20ClN3O6S/c20-17-6-3-15(13-18(17)23(25)26)19(24)21-8-7-14-1-4-16(5-2-14)30(27,28)22-9-11-29-12-10-22/h1-6,13H,7-12H2,(H,21,24). The van der Waals surface area contributed by atoms with Gasteiger partial charge in [0.15, 0.2) is 0 Å². The van der Waals surface area contributed by atoms with E-state index in [4.69, 9.17) is 16.3 Å². The van der Waals surface area contributed by atoms with Gasteiger partial charge in [-0.25, -0.2) is 8.42 Å². The lowest BCUT2D eigenvalue weighted by Crippen LogP contribution is -2.40. The van der Waals surface area contributed by atoms with E-state index in [-0.39, 0.29) is 27.7 Å². The van der Waals surface area contributed by atoms with E-state index in [0.29, 0.717) is 32.7 Å². The molecule has 11 heteroatoms. The van der Waals surface area contributed by atoms with E-state index in [1.807, 2.05) is 0 Å². The molecular formula is C19H20ClN3O6S. The Balaban J connectivity index is 1.57. The molecular weight excluding hydrogens is 434 g/mol. The number of hydrogen-bond donors (Lipinski definition) is 1. The number of amides is 1. The summed E-state index contributed by atoms with van der Waals surface area (Å²) in [5.74, 6) is -0.457. The van der Waals surface area contributed by atoms with Crippen molar-refractivity contribution >= 4 is 33.2 Å². The van der Waals surface area contributed by atoms with Crippen molar-refractivity contribution in [1.29, 1.82) is 0 Å². The van der Waals surface area contributed by atoms with E-state index in [0.717, 1.165) is 11.6 Å². The summed E-state index contributed by atoms with van der Waals surface area (Å²) in [6, 6.07) is 10.3. The number of morpholine rings is 1. The molecule has 1 amide bonds. The van der Waals surface area contributed by atoms with Crippen molar-refractivity contribution in [3.63, 3.8) is 0 Å². The minimum atomic E-state index is -3.55. The van der Waals surface area contributed by atoms with Crippen molar-refractivity contribution in [3.8, 4) is 0 Å². The second-order valence-electron chi connectivity index (χ2n) is 6.59. The van der Waals surface area contributed by atoms with Gasteiger partial charge in [-0.2, -0.15) is 4.31 Å². The Bertz CT molecular complexity index is 1040. The summed E-state index contributed by atoms with van der Waals surface area (Å²) in [5.41, 5.74) is 0.651. The lowest BCUT2D eigenvalue weighted by molar-refractivity contribution is -0.384. The number of nitro groups is 1. The van der Waals surface area contributed by atoms with Crippen molar-refractivity contribution in [1.82, 2.24) is 9.62 Å². The summed E-state index contributed by atoms with van der Waals surface area (Å²) in [5, 5.41) is 13.6. The molecule has 30 heavy (non-hydrogen) atoms. The second kappa shape index (κ2) is 9.52. The van der Waals surface area contributed by atoms with Crippen LogP contribution in [0.2, 0.25) is 5.02 Å². The van der Waals surface area contributed by atoms with Crippen LogP contribution >= 0.6 is 11.6 Å². The quantitative estimate of drug-likeness (QED) is 0.507. The molecule has 0 bridgehead atoms. The number of nitro benzene ring substituents is 1. The van der Waals surface area contributed by atoms with Gasteiger partial charge in [0.2, 0.25) is 10.0 Å². The Hall–Kier alpha value is -2.53. The molecule has 0 unspecified atom stereocenters. The number of rotatable bonds is 7. The highest BCUT2D eigenvalue weighted by Gasteiger charge is 2.26. The molecule has 2 aromatic rings. The van der Waals surface area contributed by atoms with E-state index in [9.17, 15) is 23.3 Å². The first-order valence-corrected chi connectivity index (χ1v) is 11.0. The van der Waals surface area contributed by atoms with Gasteiger partial charge in [0.1, 0.15) is 5.02 Å². The molecule has 0 atom stereocenters. The van der Waals surface area contributed by atoms with Gasteiger partial charge in [-0.15, -0.1) is 0 Å². The lowest BCUT2D eigenvalue weighted by Gasteiger charge is -2.26. The molecule has 2 aromatic carbocycles. The molecule has 0 spiro atoms. The van der Waals surface area contributed by atoms with Gasteiger partial charge in [-0.3, -0.25) is 14.9 Å². The van der Waals surface area contributed by atoms with Gasteiger partial charge in [-0.1, -0.05) is 23.7 Å². The van der Waals surface area contributed by atoms with Crippen LogP contribution in [0.1, 0.15) is 15.9 Å². The van der Waals surface area contributed by atoms with Crippen molar-refractivity contribution in [3.05, 3.63) is 68.7 Å². The zero-order chi connectivity index (χ0) is 21.7. The van der Waals surface area contributed by atoms with E-state index in [1.54, 1.807) is 24.3 Å². The molecule has 3 rings (SSSR count). The number of benzene rings is 2. The molecule has 1 aliphatic rings. The third-order valence-electron chi connectivity index (χ3n) is 4.64. The van der Waals surface area contributed by atoms with Crippen LogP contribution in [0.3, 0.4) is 0 Å². The molecule has 1 heterocycles. The minimum absolute atomic E-state index is 0.0383. The minimum Gasteiger partial charge on any atom is -0.379 e. The predicted octanol–water partition coefficient (Wildman–Crippen LogP) is 2.24. The summed E-state index contributed by atoms with van der Waals surface area (Å²) in [6.45, 7) is 1.71. The first-order valence-electron chi connectivity index (χ1n) is 9.18. The second-order valence-corrected chi connectivity index (χ2v) is 8.93. The number of nitrogens with zero attached hydrogens (tertiary/aromatic N) is 2. The third kappa shape index (κ3) is 5.14. The zero-order valence-corrected chi connectivity index (χ0v) is 17.5. The topological polar surface area (TPSA) is 119 Å². The van der Waals surface area contributed by atoms with Gasteiger partial charge < -0.3 is 10.1 Å². The highest BCUT2D eigenvalue weighted by molar-refractivity contribution is 7.89. The van der Waals surface area contributed by atoms with Crippen LogP contribution in [-0.2, 0) is 21.2 Å². The van der Waals surface area contributed by atoms with Crippen LogP contribution in [0.25, 0.3) is 0 Å². The molecule has 1 saturated heterocycles. The SMILES string of the molecule is O=C(NCCc1ccc(S(=O)(=O)N2CCOCC2)cc1)c1ccc(Cl)c([N+](=O)[O-])c1. The maximum atomic E-state index is 12.6. The van der Waals surface area contributed by atoms with Crippen molar-refractivity contribution in [2.75, 3.05) is 32.8 Å². The van der Waals surface area contributed by atoms with E-state index < -0.39 is 20.9 Å². The highest BCUT2D eigenvalue weighted by Crippen LogP contribution is 2.25. The molecule has 9 nitrogen and oxygen atoms in total. The third-order valence-corrected chi connectivity index (χ3v) is 6.87. The number of nitrogens with one attached hydrogen (secondary N) is 1. The summed E-state index contributed by atoms with van der Waals surface area (Å²) >= 11 is 5.75. The van der Waals surface area contributed by atoms with Crippen molar-refractivity contribution in [2.45, 2.75) is 11.3 Å². The molecule has 1 aliphatic heterocycles. The van der Waals surface area contributed by atoms with Crippen LogP contribution in [-0.4, -0.2) is 56.4 Å². The normalized spacial score (nSPS) is 15.0. The summed E-state index contributed by atoms with van der Waals surface area (Å²) in [6.07, 6.45) is 0.472. The first kappa shape index (κ1) is 22.2. The zero-order valence-electron chi connectivity index (χ0n) is 15.9. The molecule has 1 N–H and O–H groups in total. The van der Waals surface area contributed by atoms with Crippen LogP contribution < -0.4 is 5.32 Å². The van der Waals surface area contributed by atoms with Gasteiger partial charge in [-0.05, 0) is 36.2 Å². The number of hydrogen-bond acceptors (Lipinski definition) is 6. The lowest BCUT2D eigenvalue weighted by atomic mass is 10.1.